The van der Waals surface area contributed by atoms with Crippen molar-refractivity contribution in [3.63, 3.8) is 0 Å². The molecule has 1 saturated heterocycles. The molecule has 0 bridgehead atoms. The lowest BCUT2D eigenvalue weighted by Gasteiger charge is -2.31. The molecule has 144 valence electrons. The molecule has 1 N–H and O–H groups in total. The van der Waals surface area contributed by atoms with Gasteiger partial charge in [0.1, 0.15) is 4.90 Å². The summed E-state index contributed by atoms with van der Waals surface area (Å²) in [6.45, 7) is 4.23. The zero-order chi connectivity index (χ0) is 19.5. The first-order valence-electron chi connectivity index (χ1n) is 8.41. The van der Waals surface area contributed by atoms with Gasteiger partial charge in [0.15, 0.2) is 0 Å². The monoisotopic (exact) mass is 403 g/mol. The Balaban J connectivity index is 2.12. The van der Waals surface area contributed by atoms with Gasteiger partial charge in [0.25, 0.3) is 5.69 Å². The van der Waals surface area contributed by atoms with Gasteiger partial charge in [-0.15, -0.1) is 0 Å². The summed E-state index contributed by atoms with van der Waals surface area (Å²) >= 11 is 5.96. The van der Waals surface area contributed by atoms with Crippen molar-refractivity contribution >= 4 is 33.2 Å². The highest BCUT2D eigenvalue weighted by molar-refractivity contribution is 7.89. The van der Waals surface area contributed by atoms with Crippen molar-refractivity contribution in [1.82, 2.24) is 9.62 Å². The molecule has 0 unspecified atom stereocenters. The first-order chi connectivity index (χ1) is 12.2. The molecule has 0 spiro atoms. The molecule has 10 heteroatoms. The van der Waals surface area contributed by atoms with Gasteiger partial charge in [-0.1, -0.05) is 18.5 Å². The maximum atomic E-state index is 12.8. The maximum absolute atomic E-state index is 12.8. The highest BCUT2D eigenvalue weighted by atomic mass is 35.5. The minimum atomic E-state index is -3.96. The molecule has 1 aliphatic rings. The summed E-state index contributed by atoms with van der Waals surface area (Å²) in [7, 11) is -3.96. The first-order valence-corrected chi connectivity index (χ1v) is 10.2. The topological polar surface area (TPSA) is 110 Å². The summed E-state index contributed by atoms with van der Waals surface area (Å²) in [5.41, 5.74) is -0.337. The molecule has 1 heterocycles. The van der Waals surface area contributed by atoms with Crippen molar-refractivity contribution in [2.24, 2.45) is 5.92 Å². The van der Waals surface area contributed by atoms with Crippen LogP contribution in [0.25, 0.3) is 0 Å². The van der Waals surface area contributed by atoms with Crippen molar-refractivity contribution in [2.75, 3.05) is 13.1 Å². The molecule has 1 atom stereocenters. The SMILES string of the molecule is CC[C@@H](C)NC(=O)C1CCN(S(=O)(=O)c2cc([N+](=O)[O-])ccc2Cl)CC1. The van der Waals surface area contributed by atoms with Crippen molar-refractivity contribution in [2.45, 2.75) is 44.0 Å². The van der Waals surface area contributed by atoms with Crippen LogP contribution in [-0.4, -0.2) is 42.7 Å². The normalized spacial score (nSPS) is 17.7. The molecule has 0 radical (unpaired) electrons. The number of rotatable bonds is 6. The number of nitro benzene ring substituents is 1. The molecule has 1 fully saturated rings. The summed E-state index contributed by atoms with van der Waals surface area (Å²) in [5, 5.41) is 13.8. The summed E-state index contributed by atoms with van der Waals surface area (Å²) in [4.78, 5) is 22.2. The van der Waals surface area contributed by atoms with Crippen molar-refractivity contribution in [1.29, 1.82) is 0 Å². The molecule has 1 amide bonds. The Morgan fingerprint density at radius 2 is 2.04 bits per heavy atom. The quantitative estimate of drug-likeness (QED) is 0.579. The van der Waals surface area contributed by atoms with Crippen LogP contribution < -0.4 is 5.32 Å². The second-order valence-electron chi connectivity index (χ2n) is 6.37. The van der Waals surface area contributed by atoms with Crippen LogP contribution in [0, 0.1) is 16.0 Å². The minimum Gasteiger partial charge on any atom is -0.353 e. The standard InChI is InChI=1S/C16H22ClN3O5S/c1-3-11(2)18-16(21)12-6-8-19(9-7-12)26(24,25)15-10-13(20(22)23)4-5-14(15)17/h4-5,10-12H,3,6-9H2,1-2H3,(H,18,21)/t11-/m1/s1. The lowest BCUT2D eigenvalue weighted by molar-refractivity contribution is -0.385. The summed E-state index contributed by atoms with van der Waals surface area (Å²) < 4.78 is 26.8. The number of sulfonamides is 1. The van der Waals surface area contributed by atoms with Crippen molar-refractivity contribution in [3.8, 4) is 0 Å². The number of nitrogens with one attached hydrogen (secondary N) is 1. The van der Waals surface area contributed by atoms with E-state index in [-0.39, 0.29) is 46.6 Å². The molecule has 2 rings (SSSR count). The Kier molecular flexibility index (Phi) is 6.59. The number of nitro groups is 1. The van der Waals surface area contributed by atoms with Gasteiger partial charge in [0.2, 0.25) is 15.9 Å². The number of piperidine rings is 1. The fourth-order valence-electron chi connectivity index (χ4n) is 2.76. The van der Waals surface area contributed by atoms with Crippen LogP contribution in [0.5, 0.6) is 0 Å². The largest absolute Gasteiger partial charge is 0.353 e. The fourth-order valence-corrected chi connectivity index (χ4v) is 4.73. The van der Waals surface area contributed by atoms with Crippen LogP contribution in [0.2, 0.25) is 5.02 Å². The number of non-ortho nitro benzene ring substituents is 1. The van der Waals surface area contributed by atoms with E-state index in [9.17, 15) is 23.3 Å². The number of carbonyl (C=O) groups excluding carboxylic acids is 1. The van der Waals surface area contributed by atoms with Crippen LogP contribution >= 0.6 is 11.6 Å². The average molecular weight is 404 g/mol. The molecule has 0 aliphatic carbocycles. The highest BCUT2D eigenvalue weighted by Gasteiger charge is 2.34. The molecular weight excluding hydrogens is 382 g/mol. The van der Waals surface area contributed by atoms with Crippen LogP contribution in [0.15, 0.2) is 23.1 Å². The van der Waals surface area contributed by atoms with Gasteiger partial charge in [0, 0.05) is 37.2 Å². The number of benzene rings is 1. The number of hydrogen-bond acceptors (Lipinski definition) is 5. The zero-order valence-corrected chi connectivity index (χ0v) is 16.2. The molecular formula is C16H22ClN3O5S. The lowest BCUT2D eigenvalue weighted by atomic mass is 9.97. The number of halogens is 1. The predicted octanol–water partition coefficient (Wildman–Crippen LogP) is 2.56. The summed E-state index contributed by atoms with van der Waals surface area (Å²) in [6.07, 6.45) is 1.62. The van der Waals surface area contributed by atoms with E-state index in [1.54, 1.807) is 0 Å². The molecule has 0 aromatic heterocycles. The molecule has 1 aromatic carbocycles. The van der Waals surface area contributed by atoms with Gasteiger partial charge in [-0.3, -0.25) is 14.9 Å². The highest BCUT2D eigenvalue weighted by Crippen LogP contribution is 2.31. The second-order valence-corrected chi connectivity index (χ2v) is 8.68. The average Bonchev–Trinajstić information content (AvgIpc) is 2.61. The maximum Gasteiger partial charge on any atom is 0.270 e. The van der Waals surface area contributed by atoms with E-state index in [1.807, 2.05) is 13.8 Å². The molecule has 8 nitrogen and oxygen atoms in total. The Bertz CT molecular complexity index is 791. The third-order valence-electron chi connectivity index (χ3n) is 4.57. The second kappa shape index (κ2) is 8.32. The van der Waals surface area contributed by atoms with Gasteiger partial charge < -0.3 is 5.32 Å². The number of nitrogens with zero attached hydrogens (tertiary/aromatic N) is 2. The third-order valence-corrected chi connectivity index (χ3v) is 6.95. The van der Waals surface area contributed by atoms with Gasteiger partial charge in [0.05, 0.1) is 9.95 Å². The van der Waals surface area contributed by atoms with Crippen LogP contribution in [0.1, 0.15) is 33.1 Å². The molecule has 1 aromatic rings. The minimum absolute atomic E-state index is 0.0627. The van der Waals surface area contributed by atoms with Crippen LogP contribution in [0.3, 0.4) is 0 Å². The van der Waals surface area contributed by atoms with Gasteiger partial charge in [-0.2, -0.15) is 4.31 Å². The van der Waals surface area contributed by atoms with E-state index in [0.29, 0.717) is 12.8 Å². The first kappa shape index (κ1) is 20.6. The van der Waals surface area contributed by atoms with E-state index < -0.39 is 14.9 Å². The van der Waals surface area contributed by atoms with Crippen molar-refractivity contribution < 1.29 is 18.1 Å². The molecule has 1 aliphatic heterocycles. The number of hydrogen-bond donors (Lipinski definition) is 1. The number of amides is 1. The Labute approximate surface area is 157 Å². The van der Waals surface area contributed by atoms with E-state index in [2.05, 4.69) is 5.32 Å². The van der Waals surface area contributed by atoms with Gasteiger partial charge >= 0.3 is 0 Å². The Morgan fingerprint density at radius 1 is 1.42 bits per heavy atom. The predicted molar refractivity (Wildman–Crippen MR) is 97.5 cm³/mol. The smallest absolute Gasteiger partial charge is 0.270 e. The van der Waals surface area contributed by atoms with Gasteiger partial charge in [-0.25, -0.2) is 8.42 Å². The van der Waals surface area contributed by atoms with E-state index >= 15 is 0 Å². The molecule has 0 saturated carbocycles. The van der Waals surface area contributed by atoms with Gasteiger partial charge in [-0.05, 0) is 32.3 Å². The fraction of sp³-hybridized carbons (Fsp3) is 0.562. The third kappa shape index (κ3) is 4.52. The van der Waals surface area contributed by atoms with E-state index in [4.69, 9.17) is 11.6 Å². The summed E-state index contributed by atoms with van der Waals surface area (Å²) in [5.74, 6) is -0.305. The van der Waals surface area contributed by atoms with E-state index in [0.717, 1.165) is 18.6 Å². The number of carbonyl (C=O) groups is 1. The lowest BCUT2D eigenvalue weighted by Crippen LogP contribution is -2.44. The molecule has 26 heavy (non-hydrogen) atoms. The van der Waals surface area contributed by atoms with E-state index in [1.165, 1.54) is 10.4 Å². The Hall–Kier alpha value is -1.71. The van der Waals surface area contributed by atoms with Crippen molar-refractivity contribution in [3.05, 3.63) is 33.3 Å². The Morgan fingerprint density at radius 3 is 2.58 bits per heavy atom. The van der Waals surface area contributed by atoms with Crippen LogP contribution in [-0.2, 0) is 14.8 Å². The summed E-state index contributed by atoms with van der Waals surface area (Å²) in [6, 6.07) is 3.42. The zero-order valence-electron chi connectivity index (χ0n) is 14.6. The van der Waals surface area contributed by atoms with Crippen LogP contribution in [0.4, 0.5) is 5.69 Å².